The molecular weight excluding hydrogens is 1720 g/mol. The predicted molar refractivity (Wildman–Crippen MR) is 456 cm³/mol. The number of carboxylic acid groups (broad SMARTS) is 2. The van der Waals surface area contributed by atoms with Gasteiger partial charge in [-0.1, -0.05) is 219 Å². The molecule has 0 aromatic carbocycles. The number of carboxylic acids is 2. The summed E-state index contributed by atoms with van der Waals surface area (Å²) in [6.45, 7) is -1.73. The number of aliphatic hydroxyl groups is 20. The summed E-state index contributed by atoms with van der Waals surface area (Å²) in [7, 11) is 0. The van der Waals surface area contributed by atoms with E-state index in [1.807, 2.05) is 0 Å². The number of carbonyl (C=O) groups excluding carboxylic acids is 3. The number of nitrogens with one attached hydrogen (secondary N) is 3. The van der Waals surface area contributed by atoms with E-state index in [4.69, 9.17) is 56.8 Å². The van der Waals surface area contributed by atoms with E-state index < -0.39 is 296 Å². The Labute approximate surface area is 760 Å². The lowest BCUT2D eigenvalue weighted by atomic mass is 9.88. The summed E-state index contributed by atoms with van der Waals surface area (Å²) in [5, 5.41) is 254. The number of amides is 3. The van der Waals surface area contributed by atoms with Gasteiger partial charge >= 0.3 is 11.9 Å². The van der Waals surface area contributed by atoms with Crippen LogP contribution in [0.1, 0.15) is 259 Å². The fourth-order valence-electron chi connectivity index (χ4n) is 17.5. The first-order valence-electron chi connectivity index (χ1n) is 47.2. The van der Waals surface area contributed by atoms with E-state index in [0.717, 1.165) is 78.1 Å². The van der Waals surface area contributed by atoms with Crippen LogP contribution in [0.5, 0.6) is 0 Å². The number of carbonyl (C=O) groups is 5. The second kappa shape index (κ2) is 59.8. The number of aliphatic carboxylic acids is 2. The number of unbranched alkanes of at least 4 members (excludes halogenated alkanes) is 31. The van der Waals surface area contributed by atoms with E-state index in [0.29, 0.717) is 12.8 Å². The Balaban J connectivity index is 1.24. The Hall–Kier alpha value is -4.19. The van der Waals surface area contributed by atoms with Crippen LogP contribution in [0.3, 0.4) is 0 Å². The van der Waals surface area contributed by atoms with Gasteiger partial charge in [-0.3, -0.25) is 14.4 Å². The third kappa shape index (κ3) is 34.5. The first-order valence-corrected chi connectivity index (χ1v) is 47.2. The number of ether oxygens (including phenoxy) is 12. The van der Waals surface area contributed by atoms with Crippen LogP contribution in [0.2, 0.25) is 0 Å². The largest absolute Gasteiger partial charge is 0.477 e. The van der Waals surface area contributed by atoms with Gasteiger partial charge in [0, 0.05) is 33.1 Å². The molecule has 12 unspecified atom stereocenters. The lowest BCUT2D eigenvalue weighted by Crippen LogP contribution is -2.72. The molecule has 25 N–H and O–H groups in total. The smallest absolute Gasteiger partial charge is 0.364 e. The second-order valence-electron chi connectivity index (χ2n) is 35.6. The van der Waals surface area contributed by atoms with Crippen LogP contribution in [-0.2, 0) is 80.8 Å². The van der Waals surface area contributed by atoms with Gasteiger partial charge in [0.1, 0.15) is 140 Å². The van der Waals surface area contributed by atoms with Crippen molar-refractivity contribution in [2.24, 2.45) is 0 Å². The van der Waals surface area contributed by atoms with Gasteiger partial charge in [0.15, 0.2) is 25.2 Å². The Morgan fingerprint density at radius 3 is 1.24 bits per heavy atom. The van der Waals surface area contributed by atoms with Gasteiger partial charge in [-0.25, -0.2) is 9.59 Å². The topological polar surface area (TPSA) is 677 Å². The van der Waals surface area contributed by atoms with E-state index >= 15 is 0 Å². The fraction of sp³-hybridized carbons (Fsp3) is 0.920. The molecule has 0 aromatic heterocycles. The monoisotopic (exact) mass is 1880 g/mol. The molecule has 6 saturated heterocycles. The van der Waals surface area contributed by atoms with Crippen molar-refractivity contribution in [3.63, 3.8) is 0 Å². The molecule has 0 aliphatic carbocycles. The van der Waals surface area contributed by atoms with Crippen molar-refractivity contribution in [2.45, 2.75) is 466 Å². The third-order valence-electron chi connectivity index (χ3n) is 25.2. The molecule has 6 aliphatic heterocycles. The van der Waals surface area contributed by atoms with Crippen molar-refractivity contribution in [3.05, 3.63) is 12.2 Å². The van der Waals surface area contributed by atoms with E-state index in [9.17, 15) is 136 Å². The Bertz CT molecular complexity index is 3180. The van der Waals surface area contributed by atoms with Crippen LogP contribution in [0.15, 0.2) is 12.2 Å². The van der Waals surface area contributed by atoms with Crippen molar-refractivity contribution in [1.82, 2.24) is 16.0 Å². The third-order valence-corrected chi connectivity index (χ3v) is 25.2. The fourth-order valence-corrected chi connectivity index (χ4v) is 17.5. The Kier molecular flexibility index (Phi) is 52.7. The van der Waals surface area contributed by atoms with Crippen molar-refractivity contribution in [1.29, 1.82) is 0 Å². The van der Waals surface area contributed by atoms with E-state index in [-0.39, 0.29) is 6.42 Å². The zero-order valence-electron chi connectivity index (χ0n) is 75.8. The van der Waals surface area contributed by atoms with Gasteiger partial charge in [-0.05, 0) is 19.3 Å². The van der Waals surface area contributed by atoms with Crippen LogP contribution in [-0.4, -0.2) is 396 Å². The van der Waals surface area contributed by atoms with Crippen LogP contribution in [0, 0.1) is 0 Å². The normalized spacial score (nSPS) is 34.6. The number of rotatable bonds is 64. The highest BCUT2D eigenvalue weighted by Gasteiger charge is 2.64. The van der Waals surface area contributed by atoms with E-state index in [2.05, 4.69) is 29.8 Å². The zero-order valence-corrected chi connectivity index (χ0v) is 75.8. The molecule has 6 rings (SSSR count). The minimum atomic E-state index is -3.49. The summed E-state index contributed by atoms with van der Waals surface area (Å²) in [6.07, 6.45) is -26.3. The number of hydrogen-bond donors (Lipinski definition) is 25. The van der Waals surface area contributed by atoms with Crippen LogP contribution in [0.25, 0.3) is 0 Å². The number of hydrogen-bond acceptors (Lipinski definition) is 37. The second-order valence-corrected chi connectivity index (χ2v) is 35.6. The highest BCUT2D eigenvalue weighted by Crippen LogP contribution is 2.43. The van der Waals surface area contributed by atoms with Crippen molar-refractivity contribution >= 4 is 29.7 Å². The van der Waals surface area contributed by atoms with Crippen LogP contribution < -0.4 is 16.0 Å². The van der Waals surface area contributed by atoms with E-state index in [1.165, 1.54) is 141 Å². The molecule has 42 nitrogen and oxygen atoms in total. The molecule has 758 valence electrons. The quantitative estimate of drug-likeness (QED) is 0.0239. The summed E-state index contributed by atoms with van der Waals surface area (Å²) in [4.78, 5) is 67.1. The van der Waals surface area contributed by atoms with Crippen molar-refractivity contribution in [2.75, 3.05) is 46.2 Å². The van der Waals surface area contributed by atoms with Gasteiger partial charge in [-0.2, -0.15) is 0 Å². The molecule has 6 aliphatic rings. The van der Waals surface area contributed by atoms with Gasteiger partial charge in [0.25, 0.3) is 11.6 Å². The molecule has 0 spiro atoms. The molecule has 0 radical (unpaired) electrons. The molecule has 42 heteroatoms. The molecule has 0 bridgehead atoms. The lowest BCUT2D eigenvalue weighted by Gasteiger charge is -2.53. The standard InChI is InChI=1S/C88H157N3O39/c1-5-7-9-11-13-15-17-19-20-21-22-23-24-25-26-28-30-32-34-36-38-40-62(105)91-52(53(100)39-37-35-33-31-29-27-18-16-14-12-10-8-6-2)49-119-82-71(112)70(111)74(60(47-96)122-82)124-84-73(114)80(130-87(85(115)116)41-54(101)63(89-50(3)98)77(127-87)66(107)56(103)43-92)75(61(48-97)123-84)125-81-64(90-51(4)99)76(68(109)58(45-94)120-81)126-83-72(113)79(69(110)59(46-95)121-83)129-88(86(117)118)42-55(102)65(106)78(128-88)67(108)57(104)44-93/h37,39,52-61,63-84,92-97,100-104,106-114H,5-36,38,40-49H2,1-4H3,(H,89,98)(H,90,99)(H,91,105)(H,115,116)(H,117,118)/b39-37+/t52-,53+,54?,55?,56+,57+,58?,59?,60?,61?,63+,64?,65+,66+,67+,68-,69-,70+,71?,72?,73?,74+,75-,76+,77?,78?,79-,80+,81-,82+,83-,84-,87-,88-/m0/s1. The maximum Gasteiger partial charge on any atom is 0.364 e. The highest BCUT2D eigenvalue weighted by atomic mass is 16.8. The van der Waals surface area contributed by atoms with Gasteiger partial charge in [-0.15, -0.1) is 0 Å². The van der Waals surface area contributed by atoms with Crippen molar-refractivity contribution in [3.8, 4) is 0 Å². The predicted octanol–water partition coefficient (Wildman–Crippen LogP) is -1.67. The summed E-state index contributed by atoms with van der Waals surface area (Å²) in [6, 6.07) is -5.18. The maximum absolute atomic E-state index is 14.0. The molecule has 3 amide bonds. The first-order chi connectivity index (χ1) is 62.2. The van der Waals surface area contributed by atoms with Gasteiger partial charge < -0.3 is 185 Å². The molecule has 0 aromatic rings. The van der Waals surface area contributed by atoms with E-state index in [1.54, 1.807) is 6.08 Å². The van der Waals surface area contributed by atoms with Crippen LogP contribution >= 0.6 is 0 Å². The average molecular weight is 1880 g/mol. The summed E-state index contributed by atoms with van der Waals surface area (Å²) in [5.74, 6) is -13.6. The molecular formula is C88H157N3O39. The van der Waals surface area contributed by atoms with Crippen molar-refractivity contribution < 1.29 is 193 Å². The van der Waals surface area contributed by atoms with Gasteiger partial charge in [0.2, 0.25) is 17.7 Å². The molecule has 6 heterocycles. The lowest BCUT2D eigenvalue weighted by molar-refractivity contribution is -0.405. The first kappa shape index (κ1) is 115. The summed E-state index contributed by atoms with van der Waals surface area (Å²) >= 11 is 0. The molecule has 6 fully saturated rings. The zero-order chi connectivity index (χ0) is 95.8. The summed E-state index contributed by atoms with van der Waals surface area (Å²) < 4.78 is 72.0. The minimum absolute atomic E-state index is 0.0982. The molecule has 34 atom stereocenters. The number of allylic oxidation sites excluding steroid dienone is 1. The maximum atomic E-state index is 14.0. The SMILES string of the molecule is CCCCCCCCCCCCC/C=C/[C@@H](O)[C@H](CO[C@@H]1OC(CO)[C@@H](O[C@@H]2OC(CO)[C@H](O[C@@H]3OC(CO)[C@H](O)[C@H](O[C@@H]4OC(CO)[C@H](O)[C@H](O[C@]5(C(=O)O)CC(O)[C@@H](O)C([C@H](O)[C@H](O)CO)O5)C4O)C3NC(C)=O)[C@H](O[C@]3(C(=O)O)CC(O)[C@@H](NC(C)=O)C([C@H](O)[C@H](O)CO)O3)C2O)[C@H](O)C1O)NC(=O)CCCCCCCCCCCCCCCCCCCCCCC. The van der Waals surface area contributed by atoms with Gasteiger partial charge in [0.05, 0.1) is 76.6 Å². The number of aliphatic hydroxyl groups excluding tert-OH is 20. The molecule has 0 saturated carbocycles. The Morgan fingerprint density at radius 1 is 0.400 bits per heavy atom. The average Bonchev–Trinajstić information content (AvgIpc) is 0.747. The molecule has 130 heavy (non-hydrogen) atoms. The van der Waals surface area contributed by atoms with Crippen LogP contribution in [0.4, 0.5) is 0 Å². The Morgan fingerprint density at radius 2 is 0.777 bits per heavy atom. The minimum Gasteiger partial charge on any atom is -0.477 e. The summed E-state index contributed by atoms with van der Waals surface area (Å²) in [5.41, 5.74) is 0. The highest BCUT2D eigenvalue weighted by molar-refractivity contribution is 5.77.